The van der Waals surface area contributed by atoms with Crippen LogP contribution in [0.4, 0.5) is 4.79 Å². The minimum absolute atomic E-state index is 0.0188. The molecule has 0 atom stereocenters. The van der Waals surface area contributed by atoms with E-state index in [9.17, 15) is 4.79 Å². The number of carbonyl (C=O) groups is 1. The summed E-state index contributed by atoms with van der Waals surface area (Å²) in [6.07, 6.45) is 0. The highest BCUT2D eigenvalue weighted by Gasteiger charge is 2.18. The van der Waals surface area contributed by atoms with Crippen molar-refractivity contribution in [3.05, 3.63) is 29.3 Å². The second-order valence-electron chi connectivity index (χ2n) is 3.52. The summed E-state index contributed by atoms with van der Waals surface area (Å²) >= 11 is 5.82. The van der Waals surface area contributed by atoms with Crippen molar-refractivity contribution in [2.45, 2.75) is 0 Å². The maximum atomic E-state index is 11.2. The van der Waals surface area contributed by atoms with Crippen LogP contribution in [-0.2, 0) is 0 Å². The molecule has 1 N–H and O–H groups in total. The van der Waals surface area contributed by atoms with Gasteiger partial charge in [-0.05, 0) is 18.2 Å². The van der Waals surface area contributed by atoms with Gasteiger partial charge in [0.2, 0.25) is 0 Å². The minimum Gasteiger partial charge on any atom is -0.492 e. The second kappa shape index (κ2) is 5.07. The predicted octanol–water partition coefficient (Wildman–Crippen LogP) is 1.74. The first-order chi connectivity index (χ1) is 7.75. The fourth-order valence-electron chi connectivity index (χ4n) is 1.55. The largest absolute Gasteiger partial charge is 0.492 e. The Morgan fingerprint density at radius 1 is 1.50 bits per heavy atom. The molecule has 0 aliphatic carbocycles. The highest BCUT2D eigenvalue weighted by Crippen LogP contribution is 2.16. The van der Waals surface area contributed by atoms with Crippen LogP contribution >= 0.6 is 11.6 Å². The smallest absolute Gasteiger partial charge is 0.317 e. The van der Waals surface area contributed by atoms with Crippen LogP contribution in [0, 0.1) is 0 Å². The van der Waals surface area contributed by atoms with E-state index < -0.39 is 0 Å². The van der Waals surface area contributed by atoms with Crippen LogP contribution in [-0.4, -0.2) is 37.2 Å². The summed E-state index contributed by atoms with van der Waals surface area (Å²) in [4.78, 5) is 12.9. The first kappa shape index (κ1) is 11.1. The Morgan fingerprint density at radius 2 is 2.38 bits per heavy atom. The van der Waals surface area contributed by atoms with Crippen molar-refractivity contribution in [1.82, 2.24) is 10.2 Å². The van der Waals surface area contributed by atoms with Crippen molar-refractivity contribution < 1.29 is 9.53 Å². The van der Waals surface area contributed by atoms with Gasteiger partial charge >= 0.3 is 6.03 Å². The van der Waals surface area contributed by atoms with Crippen molar-refractivity contribution in [2.75, 3.05) is 26.2 Å². The number of nitrogens with one attached hydrogen (secondary N) is 1. The Kier molecular flexibility index (Phi) is 3.51. The molecular weight excluding hydrogens is 228 g/mol. The molecule has 1 aromatic rings. The Bertz CT molecular complexity index is 384. The molecule has 86 valence electrons. The first-order valence-corrected chi connectivity index (χ1v) is 5.54. The summed E-state index contributed by atoms with van der Waals surface area (Å²) in [6.45, 7) is 2.54. The average molecular weight is 241 g/mol. The number of halogens is 1. The molecule has 1 aliphatic heterocycles. The lowest BCUT2D eigenvalue weighted by atomic mass is 10.3. The Morgan fingerprint density at radius 3 is 3.06 bits per heavy atom. The SMILES string of the molecule is O=C1NCCN1CCOc1cccc(Cl)c1. The molecule has 2 amide bonds. The van der Waals surface area contributed by atoms with Crippen LogP contribution in [0.25, 0.3) is 0 Å². The quantitative estimate of drug-likeness (QED) is 0.871. The van der Waals surface area contributed by atoms with E-state index in [0.29, 0.717) is 18.2 Å². The van der Waals surface area contributed by atoms with E-state index in [2.05, 4.69) is 5.32 Å². The Labute approximate surface area is 99.1 Å². The van der Waals surface area contributed by atoms with Gasteiger partial charge in [0.15, 0.2) is 0 Å². The molecular formula is C11H13ClN2O2. The standard InChI is InChI=1S/C11H13ClN2O2/c12-9-2-1-3-10(8-9)16-7-6-14-5-4-13-11(14)15/h1-3,8H,4-7H2,(H,13,15). The van der Waals surface area contributed by atoms with Crippen molar-refractivity contribution in [3.63, 3.8) is 0 Å². The maximum Gasteiger partial charge on any atom is 0.317 e. The number of urea groups is 1. The van der Waals surface area contributed by atoms with Crippen LogP contribution in [0.15, 0.2) is 24.3 Å². The molecule has 1 aliphatic rings. The fraction of sp³-hybridized carbons (Fsp3) is 0.364. The van der Waals surface area contributed by atoms with Crippen LogP contribution in [0.5, 0.6) is 5.75 Å². The molecule has 0 spiro atoms. The summed E-state index contributed by atoms with van der Waals surface area (Å²) in [6, 6.07) is 7.21. The molecule has 0 unspecified atom stereocenters. The molecule has 0 aromatic heterocycles. The number of amides is 2. The summed E-state index contributed by atoms with van der Waals surface area (Å²) < 4.78 is 5.49. The lowest BCUT2D eigenvalue weighted by Gasteiger charge is -2.14. The van der Waals surface area contributed by atoms with Gasteiger partial charge in [-0.25, -0.2) is 4.79 Å². The van der Waals surface area contributed by atoms with Crippen LogP contribution < -0.4 is 10.1 Å². The zero-order chi connectivity index (χ0) is 11.4. The number of carbonyl (C=O) groups excluding carboxylic acids is 1. The molecule has 1 saturated heterocycles. The molecule has 2 rings (SSSR count). The van der Waals surface area contributed by atoms with E-state index in [1.54, 1.807) is 17.0 Å². The van der Waals surface area contributed by atoms with Gasteiger partial charge in [0, 0.05) is 18.1 Å². The van der Waals surface area contributed by atoms with E-state index in [1.807, 2.05) is 12.1 Å². The molecule has 4 nitrogen and oxygen atoms in total. The van der Waals surface area contributed by atoms with Gasteiger partial charge in [-0.15, -0.1) is 0 Å². The average Bonchev–Trinajstić information content (AvgIpc) is 2.65. The maximum absolute atomic E-state index is 11.2. The normalized spacial score (nSPS) is 15.1. The van der Waals surface area contributed by atoms with Crippen molar-refractivity contribution in [3.8, 4) is 5.75 Å². The van der Waals surface area contributed by atoms with Crippen molar-refractivity contribution in [2.24, 2.45) is 0 Å². The number of hydrogen-bond acceptors (Lipinski definition) is 2. The molecule has 5 heteroatoms. The summed E-state index contributed by atoms with van der Waals surface area (Å²) in [5.41, 5.74) is 0. The van der Waals surface area contributed by atoms with E-state index in [-0.39, 0.29) is 6.03 Å². The lowest BCUT2D eigenvalue weighted by molar-refractivity contribution is 0.202. The third kappa shape index (κ3) is 2.79. The molecule has 0 bridgehead atoms. The molecule has 1 aromatic carbocycles. The van der Waals surface area contributed by atoms with Gasteiger partial charge in [0.1, 0.15) is 12.4 Å². The predicted molar refractivity (Wildman–Crippen MR) is 61.9 cm³/mol. The van der Waals surface area contributed by atoms with E-state index in [1.165, 1.54) is 0 Å². The number of benzene rings is 1. The summed E-state index contributed by atoms with van der Waals surface area (Å²) in [7, 11) is 0. The number of rotatable bonds is 4. The van der Waals surface area contributed by atoms with Gasteiger partial charge < -0.3 is 15.0 Å². The molecule has 16 heavy (non-hydrogen) atoms. The Balaban J connectivity index is 1.77. The van der Waals surface area contributed by atoms with Crippen molar-refractivity contribution in [1.29, 1.82) is 0 Å². The van der Waals surface area contributed by atoms with E-state index in [4.69, 9.17) is 16.3 Å². The highest BCUT2D eigenvalue weighted by atomic mass is 35.5. The monoisotopic (exact) mass is 240 g/mol. The van der Waals surface area contributed by atoms with Crippen LogP contribution in [0.3, 0.4) is 0 Å². The molecule has 0 saturated carbocycles. The highest BCUT2D eigenvalue weighted by molar-refractivity contribution is 6.30. The lowest BCUT2D eigenvalue weighted by Crippen LogP contribution is -2.31. The third-order valence-electron chi connectivity index (χ3n) is 2.37. The number of ether oxygens (including phenoxy) is 1. The number of nitrogens with zero attached hydrogens (tertiary/aromatic N) is 1. The zero-order valence-corrected chi connectivity index (χ0v) is 9.54. The molecule has 1 fully saturated rings. The van der Waals surface area contributed by atoms with Gasteiger partial charge in [-0.1, -0.05) is 17.7 Å². The van der Waals surface area contributed by atoms with Crippen LogP contribution in [0.1, 0.15) is 0 Å². The zero-order valence-electron chi connectivity index (χ0n) is 8.78. The minimum atomic E-state index is -0.0188. The van der Waals surface area contributed by atoms with Crippen LogP contribution in [0.2, 0.25) is 5.02 Å². The van der Waals surface area contributed by atoms with Gasteiger partial charge in [-0.2, -0.15) is 0 Å². The topological polar surface area (TPSA) is 41.6 Å². The third-order valence-corrected chi connectivity index (χ3v) is 2.61. The molecule has 0 radical (unpaired) electrons. The second-order valence-corrected chi connectivity index (χ2v) is 3.96. The van der Waals surface area contributed by atoms with E-state index >= 15 is 0 Å². The van der Waals surface area contributed by atoms with E-state index in [0.717, 1.165) is 18.8 Å². The van der Waals surface area contributed by atoms with Gasteiger partial charge in [0.25, 0.3) is 0 Å². The van der Waals surface area contributed by atoms with Crippen molar-refractivity contribution >= 4 is 17.6 Å². The fourth-order valence-corrected chi connectivity index (χ4v) is 1.74. The van der Waals surface area contributed by atoms with Gasteiger partial charge in [-0.3, -0.25) is 0 Å². The summed E-state index contributed by atoms with van der Waals surface area (Å²) in [5, 5.41) is 3.39. The number of hydrogen-bond donors (Lipinski definition) is 1. The Hall–Kier alpha value is -1.42. The molecule has 1 heterocycles. The first-order valence-electron chi connectivity index (χ1n) is 5.17. The summed E-state index contributed by atoms with van der Waals surface area (Å²) in [5.74, 6) is 0.729. The van der Waals surface area contributed by atoms with Gasteiger partial charge in [0.05, 0.1) is 6.54 Å².